The Bertz CT molecular complexity index is 591. The zero-order valence-electron chi connectivity index (χ0n) is 13.4. The number of para-hydroxylation sites is 1. The molecule has 5 nitrogen and oxygen atoms in total. The normalized spacial score (nSPS) is 30.3. The molecule has 1 saturated heterocycles. The van der Waals surface area contributed by atoms with Gasteiger partial charge in [0.25, 0.3) is 0 Å². The second-order valence-corrected chi connectivity index (χ2v) is 6.89. The fraction of sp³-hybridized carbons (Fsp3) is 0.611. The molecule has 1 N–H and O–H groups in total. The van der Waals surface area contributed by atoms with Gasteiger partial charge in [-0.2, -0.15) is 0 Å². The van der Waals surface area contributed by atoms with Crippen molar-refractivity contribution in [3.8, 4) is 0 Å². The molecule has 2 fully saturated rings. The fourth-order valence-electron chi connectivity index (χ4n) is 4.33. The van der Waals surface area contributed by atoms with Crippen LogP contribution in [0.2, 0.25) is 0 Å². The van der Waals surface area contributed by atoms with Crippen LogP contribution in [0.25, 0.3) is 0 Å². The summed E-state index contributed by atoms with van der Waals surface area (Å²) in [4.78, 5) is 17.0. The number of carbonyl (C=O) groups is 1. The fourth-order valence-corrected chi connectivity index (χ4v) is 4.33. The van der Waals surface area contributed by atoms with E-state index >= 15 is 0 Å². The molecule has 1 aromatic carbocycles. The zero-order valence-corrected chi connectivity index (χ0v) is 13.4. The van der Waals surface area contributed by atoms with Crippen molar-refractivity contribution in [3.05, 3.63) is 29.8 Å². The van der Waals surface area contributed by atoms with Crippen molar-refractivity contribution in [2.45, 2.75) is 31.4 Å². The molecule has 2 heterocycles. The maximum absolute atomic E-state index is 12.8. The van der Waals surface area contributed by atoms with Crippen molar-refractivity contribution in [2.24, 2.45) is 5.92 Å². The SMILES string of the molecule is O=C(CN1CCOC2C[C@H](CO)C[C@@H]21)N1CCc2ccccc21. The Labute approximate surface area is 136 Å². The summed E-state index contributed by atoms with van der Waals surface area (Å²) in [5, 5.41) is 9.41. The number of amides is 1. The standard InChI is InChI=1S/C18H24N2O3/c21-12-13-9-16-17(10-13)23-8-7-19(16)11-18(22)20-6-5-14-3-1-2-4-15(14)20/h1-4,13,16-17,21H,5-12H2/t13-,16+,17?/m1/s1. The average Bonchev–Trinajstić information content (AvgIpc) is 3.19. The third kappa shape index (κ3) is 2.77. The van der Waals surface area contributed by atoms with E-state index < -0.39 is 0 Å². The van der Waals surface area contributed by atoms with Crippen LogP contribution >= 0.6 is 0 Å². The van der Waals surface area contributed by atoms with E-state index in [4.69, 9.17) is 4.74 Å². The number of hydrogen-bond donors (Lipinski definition) is 1. The van der Waals surface area contributed by atoms with Gasteiger partial charge in [-0.1, -0.05) is 18.2 Å². The molecule has 1 saturated carbocycles. The third-order valence-corrected chi connectivity index (χ3v) is 5.53. The number of aliphatic hydroxyl groups is 1. The van der Waals surface area contributed by atoms with Gasteiger partial charge in [-0.3, -0.25) is 9.69 Å². The number of fused-ring (bicyclic) bond motifs is 2. The van der Waals surface area contributed by atoms with Crippen LogP contribution in [0.4, 0.5) is 5.69 Å². The van der Waals surface area contributed by atoms with E-state index in [1.165, 1.54) is 5.56 Å². The summed E-state index contributed by atoms with van der Waals surface area (Å²) in [6.45, 7) is 2.95. The maximum atomic E-state index is 12.8. The van der Waals surface area contributed by atoms with Gasteiger partial charge in [0.2, 0.25) is 5.91 Å². The van der Waals surface area contributed by atoms with Gasteiger partial charge in [0.05, 0.1) is 19.3 Å². The monoisotopic (exact) mass is 316 g/mol. The quantitative estimate of drug-likeness (QED) is 0.905. The number of benzene rings is 1. The Hall–Kier alpha value is -1.43. The number of nitrogens with zero attached hydrogens (tertiary/aromatic N) is 2. The van der Waals surface area contributed by atoms with Crippen LogP contribution in [0.1, 0.15) is 18.4 Å². The molecule has 3 atom stereocenters. The van der Waals surface area contributed by atoms with E-state index in [0.29, 0.717) is 19.1 Å². The molecule has 1 aromatic rings. The molecule has 0 spiro atoms. The van der Waals surface area contributed by atoms with Crippen LogP contribution in [0.5, 0.6) is 0 Å². The highest BCUT2D eigenvalue weighted by molar-refractivity contribution is 5.96. The average molecular weight is 316 g/mol. The summed E-state index contributed by atoms with van der Waals surface area (Å²) in [5.41, 5.74) is 2.34. The van der Waals surface area contributed by atoms with Gasteiger partial charge in [-0.05, 0) is 36.8 Å². The van der Waals surface area contributed by atoms with E-state index in [-0.39, 0.29) is 24.7 Å². The molecule has 3 aliphatic rings. The van der Waals surface area contributed by atoms with E-state index in [2.05, 4.69) is 11.0 Å². The van der Waals surface area contributed by atoms with Gasteiger partial charge in [-0.25, -0.2) is 0 Å². The van der Waals surface area contributed by atoms with Crippen molar-refractivity contribution in [1.82, 2.24) is 4.90 Å². The van der Waals surface area contributed by atoms with E-state index in [1.54, 1.807) is 0 Å². The molecule has 5 heteroatoms. The Balaban J connectivity index is 1.45. The minimum atomic E-state index is 0.180. The zero-order chi connectivity index (χ0) is 15.8. The molecule has 4 rings (SSSR count). The lowest BCUT2D eigenvalue weighted by Crippen LogP contribution is -2.52. The van der Waals surface area contributed by atoms with Crippen molar-refractivity contribution in [2.75, 3.05) is 37.7 Å². The van der Waals surface area contributed by atoms with Crippen molar-refractivity contribution in [1.29, 1.82) is 0 Å². The predicted molar refractivity (Wildman–Crippen MR) is 87.4 cm³/mol. The summed E-state index contributed by atoms with van der Waals surface area (Å²) in [7, 11) is 0. The topological polar surface area (TPSA) is 53.0 Å². The summed E-state index contributed by atoms with van der Waals surface area (Å²) in [6, 6.07) is 8.46. The van der Waals surface area contributed by atoms with Crippen LogP contribution in [0, 0.1) is 5.92 Å². The molecule has 1 amide bonds. The van der Waals surface area contributed by atoms with Crippen molar-refractivity contribution < 1.29 is 14.6 Å². The van der Waals surface area contributed by atoms with Crippen LogP contribution in [-0.2, 0) is 16.0 Å². The Morgan fingerprint density at radius 3 is 3.00 bits per heavy atom. The molecular formula is C18H24N2O3. The number of carbonyl (C=O) groups excluding carboxylic acids is 1. The molecular weight excluding hydrogens is 292 g/mol. The lowest BCUT2D eigenvalue weighted by atomic mass is 10.1. The summed E-state index contributed by atoms with van der Waals surface area (Å²) >= 11 is 0. The first-order chi connectivity index (χ1) is 11.3. The molecule has 124 valence electrons. The number of ether oxygens (including phenoxy) is 1. The highest BCUT2D eigenvalue weighted by Gasteiger charge is 2.41. The second-order valence-electron chi connectivity index (χ2n) is 6.89. The number of anilines is 1. The molecule has 2 aliphatic heterocycles. The van der Waals surface area contributed by atoms with Gasteiger partial charge < -0.3 is 14.7 Å². The van der Waals surface area contributed by atoms with E-state index in [1.807, 2.05) is 23.1 Å². The molecule has 23 heavy (non-hydrogen) atoms. The molecule has 1 aliphatic carbocycles. The molecule has 0 aromatic heterocycles. The highest BCUT2D eigenvalue weighted by atomic mass is 16.5. The number of hydrogen-bond acceptors (Lipinski definition) is 4. The van der Waals surface area contributed by atoms with Gasteiger partial charge >= 0.3 is 0 Å². The van der Waals surface area contributed by atoms with Gasteiger partial charge in [0, 0.05) is 31.4 Å². The van der Waals surface area contributed by atoms with Gasteiger partial charge in [-0.15, -0.1) is 0 Å². The summed E-state index contributed by atoms with van der Waals surface area (Å²) < 4.78 is 5.85. The van der Waals surface area contributed by atoms with E-state index in [0.717, 1.165) is 38.0 Å². The maximum Gasteiger partial charge on any atom is 0.241 e. The Morgan fingerprint density at radius 1 is 1.26 bits per heavy atom. The number of rotatable bonds is 3. The first-order valence-electron chi connectivity index (χ1n) is 8.61. The van der Waals surface area contributed by atoms with Crippen molar-refractivity contribution in [3.63, 3.8) is 0 Å². The first-order valence-corrected chi connectivity index (χ1v) is 8.61. The smallest absolute Gasteiger partial charge is 0.241 e. The Morgan fingerprint density at radius 2 is 2.13 bits per heavy atom. The Kier molecular flexibility index (Phi) is 4.09. The van der Waals surface area contributed by atoms with Crippen LogP contribution < -0.4 is 4.90 Å². The largest absolute Gasteiger partial charge is 0.396 e. The predicted octanol–water partition coefficient (Wildman–Crippen LogP) is 1.05. The minimum absolute atomic E-state index is 0.180. The van der Waals surface area contributed by atoms with Crippen LogP contribution in [-0.4, -0.2) is 60.9 Å². The lowest BCUT2D eigenvalue weighted by Gasteiger charge is -2.37. The molecule has 0 bridgehead atoms. The van der Waals surface area contributed by atoms with Gasteiger partial charge in [0.15, 0.2) is 0 Å². The lowest BCUT2D eigenvalue weighted by molar-refractivity contribution is -0.123. The summed E-state index contributed by atoms with van der Waals surface area (Å²) in [5.74, 6) is 0.497. The summed E-state index contributed by atoms with van der Waals surface area (Å²) in [6.07, 6.45) is 2.98. The second kappa shape index (κ2) is 6.23. The van der Waals surface area contributed by atoms with Crippen LogP contribution in [0.15, 0.2) is 24.3 Å². The molecule has 1 unspecified atom stereocenters. The molecule has 0 radical (unpaired) electrons. The minimum Gasteiger partial charge on any atom is -0.396 e. The first kappa shape index (κ1) is 15.1. The van der Waals surface area contributed by atoms with Gasteiger partial charge in [0.1, 0.15) is 0 Å². The van der Waals surface area contributed by atoms with Crippen molar-refractivity contribution >= 4 is 11.6 Å². The van der Waals surface area contributed by atoms with Crippen LogP contribution in [0.3, 0.4) is 0 Å². The number of aliphatic hydroxyl groups excluding tert-OH is 1. The van der Waals surface area contributed by atoms with E-state index in [9.17, 15) is 9.90 Å². The third-order valence-electron chi connectivity index (χ3n) is 5.53. The number of morpholine rings is 1. The highest BCUT2D eigenvalue weighted by Crippen LogP contribution is 2.34.